The molecule has 0 aliphatic carbocycles. The van der Waals surface area contributed by atoms with Crippen molar-refractivity contribution in [1.82, 2.24) is 4.98 Å². The van der Waals surface area contributed by atoms with Gasteiger partial charge >= 0.3 is 6.18 Å². The first-order valence-corrected chi connectivity index (χ1v) is 4.83. The summed E-state index contributed by atoms with van der Waals surface area (Å²) in [6, 6.07) is 7.66. The Balaban J connectivity index is 2.36. The van der Waals surface area contributed by atoms with Gasteiger partial charge in [-0.2, -0.15) is 13.2 Å². The van der Waals surface area contributed by atoms with E-state index in [9.17, 15) is 18.0 Å². The minimum absolute atomic E-state index is 0.249. The molecule has 0 aliphatic rings. The molecule has 0 spiro atoms. The maximum Gasteiger partial charge on any atom is 0.416 e. The van der Waals surface area contributed by atoms with Crippen LogP contribution in [0.15, 0.2) is 47.4 Å². The number of alkyl halides is 3. The van der Waals surface area contributed by atoms with Crippen LogP contribution in [0.5, 0.6) is 0 Å². The largest absolute Gasteiger partial charge is 0.416 e. The van der Waals surface area contributed by atoms with Crippen molar-refractivity contribution in [1.29, 1.82) is 0 Å². The lowest BCUT2D eigenvalue weighted by atomic mass is 10.1. The van der Waals surface area contributed by atoms with Crippen LogP contribution in [0.25, 0.3) is 11.1 Å². The summed E-state index contributed by atoms with van der Waals surface area (Å²) in [6.07, 6.45) is -2.87. The van der Waals surface area contributed by atoms with E-state index >= 15 is 0 Å². The zero-order valence-corrected chi connectivity index (χ0v) is 8.58. The van der Waals surface area contributed by atoms with Crippen molar-refractivity contribution in [3.8, 4) is 11.1 Å². The Morgan fingerprint density at radius 1 is 0.882 bits per heavy atom. The molecule has 1 N–H and O–H groups in total. The molecule has 0 saturated heterocycles. The molecule has 0 fully saturated rings. The highest BCUT2D eigenvalue weighted by Gasteiger charge is 2.29. The quantitative estimate of drug-likeness (QED) is 0.815. The second-order valence-electron chi connectivity index (χ2n) is 3.52. The molecule has 0 bridgehead atoms. The molecule has 0 aliphatic heterocycles. The van der Waals surface area contributed by atoms with Crippen LogP contribution < -0.4 is 5.56 Å². The van der Waals surface area contributed by atoms with Gasteiger partial charge < -0.3 is 4.98 Å². The van der Waals surface area contributed by atoms with Gasteiger partial charge in [0, 0.05) is 12.3 Å². The third-order valence-electron chi connectivity index (χ3n) is 2.33. The van der Waals surface area contributed by atoms with Gasteiger partial charge in [0.15, 0.2) is 0 Å². The van der Waals surface area contributed by atoms with Gasteiger partial charge in [-0.1, -0.05) is 12.1 Å². The van der Waals surface area contributed by atoms with Gasteiger partial charge in [-0.05, 0) is 29.3 Å². The second-order valence-corrected chi connectivity index (χ2v) is 3.52. The van der Waals surface area contributed by atoms with Crippen LogP contribution in [0.2, 0.25) is 0 Å². The average molecular weight is 239 g/mol. The van der Waals surface area contributed by atoms with Crippen molar-refractivity contribution in [2.45, 2.75) is 6.18 Å². The predicted molar refractivity (Wildman–Crippen MR) is 57.5 cm³/mol. The molecular formula is C12H8F3NO. The van der Waals surface area contributed by atoms with Crippen molar-refractivity contribution in [3.63, 3.8) is 0 Å². The third kappa shape index (κ3) is 2.55. The number of aromatic nitrogens is 1. The first-order valence-electron chi connectivity index (χ1n) is 4.83. The van der Waals surface area contributed by atoms with Crippen molar-refractivity contribution < 1.29 is 13.2 Å². The lowest BCUT2D eigenvalue weighted by molar-refractivity contribution is -0.137. The molecule has 0 saturated carbocycles. The lowest BCUT2D eigenvalue weighted by Gasteiger charge is -2.07. The molecule has 2 rings (SSSR count). The number of H-pyrrole nitrogens is 1. The Morgan fingerprint density at radius 2 is 1.47 bits per heavy atom. The molecule has 0 unspecified atom stereocenters. The number of pyridine rings is 1. The summed E-state index contributed by atoms with van der Waals surface area (Å²) in [5.41, 5.74) is 0.346. The Bertz CT molecular complexity index is 549. The Kier molecular flexibility index (Phi) is 2.75. The monoisotopic (exact) mass is 239 g/mol. The number of nitrogens with one attached hydrogen (secondary N) is 1. The number of hydrogen-bond acceptors (Lipinski definition) is 1. The smallest absolute Gasteiger partial charge is 0.328 e. The number of halogens is 3. The van der Waals surface area contributed by atoms with Gasteiger partial charge in [0.05, 0.1) is 5.56 Å². The van der Waals surface area contributed by atoms with Gasteiger partial charge in [-0.3, -0.25) is 4.79 Å². The summed E-state index contributed by atoms with van der Waals surface area (Å²) in [5.74, 6) is 0. The molecule has 88 valence electrons. The van der Waals surface area contributed by atoms with Crippen LogP contribution in [-0.2, 0) is 6.18 Å². The Labute approximate surface area is 94.7 Å². The van der Waals surface area contributed by atoms with E-state index in [1.165, 1.54) is 24.4 Å². The fourth-order valence-electron chi connectivity index (χ4n) is 1.44. The van der Waals surface area contributed by atoms with Gasteiger partial charge in [-0.25, -0.2) is 0 Å². The third-order valence-corrected chi connectivity index (χ3v) is 2.33. The highest BCUT2D eigenvalue weighted by atomic mass is 19.4. The molecule has 0 radical (unpaired) electrons. The summed E-state index contributed by atoms with van der Waals surface area (Å²) >= 11 is 0. The summed E-state index contributed by atoms with van der Waals surface area (Å²) < 4.78 is 37.0. The lowest BCUT2D eigenvalue weighted by Crippen LogP contribution is -2.04. The fourth-order valence-corrected chi connectivity index (χ4v) is 1.44. The van der Waals surface area contributed by atoms with E-state index in [0.717, 1.165) is 12.1 Å². The zero-order chi connectivity index (χ0) is 12.5. The van der Waals surface area contributed by atoms with E-state index < -0.39 is 11.7 Å². The van der Waals surface area contributed by atoms with E-state index in [1.807, 2.05) is 0 Å². The zero-order valence-electron chi connectivity index (χ0n) is 8.58. The van der Waals surface area contributed by atoms with Crippen molar-refractivity contribution in [3.05, 3.63) is 58.5 Å². The van der Waals surface area contributed by atoms with E-state index in [-0.39, 0.29) is 5.56 Å². The fraction of sp³-hybridized carbons (Fsp3) is 0.0833. The van der Waals surface area contributed by atoms with Crippen LogP contribution in [0.4, 0.5) is 13.2 Å². The second kappa shape index (κ2) is 4.08. The van der Waals surface area contributed by atoms with E-state index in [4.69, 9.17) is 0 Å². The topological polar surface area (TPSA) is 32.9 Å². The van der Waals surface area contributed by atoms with Crippen LogP contribution in [0.3, 0.4) is 0 Å². The highest BCUT2D eigenvalue weighted by molar-refractivity contribution is 5.62. The maximum atomic E-state index is 12.3. The van der Waals surface area contributed by atoms with Crippen molar-refractivity contribution >= 4 is 0 Å². The number of aromatic amines is 1. The van der Waals surface area contributed by atoms with Crippen molar-refractivity contribution in [2.24, 2.45) is 0 Å². The molecule has 1 heterocycles. The van der Waals surface area contributed by atoms with Gasteiger partial charge in [0.25, 0.3) is 0 Å². The highest BCUT2D eigenvalue weighted by Crippen LogP contribution is 2.30. The van der Waals surface area contributed by atoms with Crippen LogP contribution in [-0.4, -0.2) is 4.98 Å². The summed E-state index contributed by atoms with van der Waals surface area (Å²) in [6.45, 7) is 0. The van der Waals surface area contributed by atoms with Crippen LogP contribution in [0.1, 0.15) is 5.56 Å². The van der Waals surface area contributed by atoms with Gasteiger partial charge in [-0.15, -0.1) is 0 Å². The van der Waals surface area contributed by atoms with Crippen molar-refractivity contribution in [2.75, 3.05) is 0 Å². The maximum absolute atomic E-state index is 12.3. The Hall–Kier alpha value is -2.04. The Morgan fingerprint density at radius 3 is 1.94 bits per heavy atom. The molecule has 0 amide bonds. The SMILES string of the molecule is O=c1ccc(-c2ccc(C(F)(F)F)cc2)c[nH]1. The van der Waals surface area contributed by atoms with E-state index in [2.05, 4.69) is 4.98 Å². The summed E-state index contributed by atoms with van der Waals surface area (Å²) in [7, 11) is 0. The standard InChI is InChI=1S/C12H8F3NO/c13-12(14,15)10-4-1-8(2-5-10)9-3-6-11(17)16-7-9/h1-7H,(H,16,17). The first kappa shape index (κ1) is 11.4. The first-order chi connectivity index (χ1) is 7.97. The molecule has 5 heteroatoms. The van der Waals surface area contributed by atoms with Crippen LogP contribution in [0, 0.1) is 0 Å². The van der Waals surface area contributed by atoms with E-state index in [1.54, 1.807) is 6.07 Å². The number of rotatable bonds is 1. The van der Waals surface area contributed by atoms with Crippen LogP contribution >= 0.6 is 0 Å². The summed E-state index contributed by atoms with van der Waals surface area (Å²) in [4.78, 5) is 13.3. The minimum atomic E-state index is -4.33. The predicted octanol–water partition coefficient (Wildman–Crippen LogP) is 3.06. The molecule has 1 aromatic carbocycles. The normalized spacial score (nSPS) is 11.5. The van der Waals surface area contributed by atoms with Gasteiger partial charge in [0.2, 0.25) is 5.56 Å². The summed E-state index contributed by atoms with van der Waals surface area (Å²) in [5, 5.41) is 0. The molecule has 2 nitrogen and oxygen atoms in total. The molecule has 2 aromatic rings. The molecule has 0 atom stereocenters. The number of benzene rings is 1. The average Bonchev–Trinajstić information content (AvgIpc) is 2.29. The number of hydrogen-bond donors (Lipinski definition) is 1. The molecular weight excluding hydrogens is 231 g/mol. The minimum Gasteiger partial charge on any atom is -0.328 e. The molecule has 1 aromatic heterocycles. The van der Waals surface area contributed by atoms with E-state index in [0.29, 0.717) is 11.1 Å². The molecule has 17 heavy (non-hydrogen) atoms. The van der Waals surface area contributed by atoms with Gasteiger partial charge in [0.1, 0.15) is 0 Å².